The van der Waals surface area contributed by atoms with Gasteiger partial charge in [0.25, 0.3) is 0 Å². The van der Waals surface area contributed by atoms with Gasteiger partial charge in [0.2, 0.25) is 22.7 Å². The molecule has 1 fully saturated rings. The van der Waals surface area contributed by atoms with Crippen LogP contribution in [0.15, 0.2) is 18.2 Å². The van der Waals surface area contributed by atoms with Crippen molar-refractivity contribution in [1.29, 1.82) is 0 Å². The zero-order valence-electron chi connectivity index (χ0n) is 11.5. The average molecular weight is 312 g/mol. The molecule has 2 aliphatic heterocycles. The predicted molar refractivity (Wildman–Crippen MR) is 74.3 cm³/mol. The first kappa shape index (κ1) is 14.2. The Hall–Kier alpha value is -1.80. The molecule has 114 valence electrons. The molecule has 8 heteroatoms. The summed E-state index contributed by atoms with van der Waals surface area (Å²) in [5.74, 6) is 0.975. The topological polar surface area (TPSA) is 84.9 Å². The maximum atomic E-state index is 11.9. The van der Waals surface area contributed by atoms with Crippen LogP contribution in [0.1, 0.15) is 5.56 Å². The Morgan fingerprint density at radius 2 is 2.05 bits per heavy atom. The number of carbonyl (C=O) groups excluding carboxylic acids is 1. The highest BCUT2D eigenvalue weighted by atomic mass is 32.2. The number of hydrogen-bond acceptors (Lipinski definition) is 5. The van der Waals surface area contributed by atoms with Gasteiger partial charge in [-0.25, -0.2) is 12.7 Å². The molecule has 0 unspecified atom stereocenters. The monoisotopic (exact) mass is 312 g/mol. The third-order valence-corrected chi connectivity index (χ3v) is 4.83. The van der Waals surface area contributed by atoms with E-state index in [1.165, 1.54) is 4.31 Å². The van der Waals surface area contributed by atoms with Crippen LogP contribution in [0.3, 0.4) is 0 Å². The molecule has 1 saturated heterocycles. The predicted octanol–water partition coefficient (Wildman–Crippen LogP) is -0.0771. The van der Waals surface area contributed by atoms with Gasteiger partial charge < -0.3 is 14.8 Å². The third-order valence-electron chi connectivity index (χ3n) is 3.59. The van der Waals surface area contributed by atoms with Crippen molar-refractivity contribution in [2.45, 2.75) is 6.54 Å². The minimum Gasteiger partial charge on any atom is -0.454 e. The number of carbonyl (C=O) groups is 1. The van der Waals surface area contributed by atoms with E-state index in [0.717, 1.165) is 11.8 Å². The van der Waals surface area contributed by atoms with E-state index in [1.54, 1.807) is 6.07 Å². The minimum atomic E-state index is -3.18. The molecule has 2 aliphatic rings. The molecule has 1 aromatic carbocycles. The van der Waals surface area contributed by atoms with Crippen molar-refractivity contribution in [1.82, 2.24) is 9.62 Å². The van der Waals surface area contributed by atoms with Crippen molar-refractivity contribution in [3.8, 4) is 11.5 Å². The number of nitrogens with one attached hydrogen (secondary N) is 1. The Balaban J connectivity index is 1.51. The van der Waals surface area contributed by atoms with Crippen LogP contribution >= 0.6 is 0 Å². The van der Waals surface area contributed by atoms with Crippen molar-refractivity contribution in [2.24, 2.45) is 5.92 Å². The lowest BCUT2D eigenvalue weighted by atomic mass is 10.0. The van der Waals surface area contributed by atoms with Gasteiger partial charge in [-0.05, 0) is 17.7 Å². The number of rotatable bonds is 4. The molecule has 1 N–H and O–H groups in total. The number of sulfonamides is 1. The Labute approximate surface area is 122 Å². The highest BCUT2D eigenvalue weighted by Crippen LogP contribution is 2.32. The van der Waals surface area contributed by atoms with Crippen molar-refractivity contribution in [3.63, 3.8) is 0 Å². The zero-order valence-corrected chi connectivity index (χ0v) is 12.4. The van der Waals surface area contributed by atoms with Gasteiger partial charge in [0.15, 0.2) is 11.5 Å². The van der Waals surface area contributed by atoms with Gasteiger partial charge in [0, 0.05) is 19.6 Å². The number of hydrogen-bond donors (Lipinski definition) is 1. The summed E-state index contributed by atoms with van der Waals surface area (Å²) in [5, 5.41) is 2.81. The second-order valence-electron chi connectivity index (χ2n) is 5.18. The molecule has 7 nitrogen and oxygen atoms in total. The quantitative estimate of drug-likeness (QED) is 0.841. The van der Waals surface area contributed by atoms with Crippen LogP contribution in [0.2, 0.25) is 0 Å². The molecule has 1 aromatic rings. The molecule has 21 heavy (non-hydrogen) atoms. The van der Waals surface area contributed by atoms with Crippen molar-refractivity contribution < 1.29 is 22.7 Å². The molecule has 0 aliphatic carbocycles. The second-order valence-corrected chi connectivity index (χ2v) is 7.16. The SMILES string of the molecule is CS(=O)(=O)N1CC(C(=O)NCc2ccc3c(c2)OCO3)C1. The van der Waals surface area contributed by atoms with E-state index in [0.29, 0.717) is 18.0 Å². The van der Waals surface area contributed by atoms with Gasteiger partial charge in [-0.15, -0.1) is 0 Å². The van der Waals surface area contributed by atoms with Gasteiger partial charge >= 0.3 is 0 Å². The van der Waals surface area contributed by atoms with Gasteiger partial charge in [-0.3, -0.25) is 4.79 Å². The largest absolute Gasteiger partial charge is 0.454 e. The lowest BCUT2D eigenvalue weighted by Gasteiger charge is -2.35. The highest BCUT2D eigenvalue weighted by molar-refractivity contribution is 7.88. The Morgan fingerprint density at radius 3 is 2.76 bits per heavy atom. The maximum absolute atomic E-state index is 11.9. The van der Waals surface area contributed by atoms with Crippen molar-refractivity contribution in [2.75, 3.05) is 26.1 Å². The minimum absolute atomic E-state index is 0.132. The van der Waals surface area contributed by atoms with E-state index in [4.69, 9.17) is 9.47 Å². The Morgan fingerprint density at radius 1 is 1.33 bits per heavy atom. The molecule has 0 saturated carbocycles. The maximum Gasteiger partial charge on any atom is 0.231 e. The smallest absolute Gasteiger partial charge is 0.231 e. The van der Waals surface area contributed by atoms with E-state index in [1.807, 2.05) is 12.1 Å². The van der Waals surface area contributed by atoms with Crippen LogP contribution in [-0.2, 0) is 21.4 Å². The third kappa shape index (κ3) is 2.96. The first-order chi connectivity index (χ1) is 9.93. The molecule has 0 atom stereocenters. The number of nitrogens with zero attached hydrogens (tertiary/aromatic N) is 1. The average Bonchev–Trinajstić information content (AvgIpc) is 2.79. The Kier molecular flexibility index (Phi) is 3.50. The highest BCUT2D eigenvalue weighted by Gasteiger charge is 2.37. The van der Waals surface area contributed by atoms with E-state index < -0.39 is 10.0 Å². The molecule has 0 aromatic heterocycles. The number of amides is 1. The van der Waals surface area contributed by atoms with Gasteiger partial charge in [0.05, 0.1) is 12.2 Å². The summed E-state index contributed by atoms with van der Waals surface area (Å²) < 4.78 is 34.2. The Bertz CT molecular complexity index is 667. The van der Waals surface area contributed by atoms with Crippen LogP contribution in [0.5, 0.6) is 11.5 Å². The fraction of sp³-hybridized carbons (Fsp3) is 0.462. The van der Waals surface area contributed by atoms with Gasteiger partial charge in [-0.1, -0.05) is 6.07 Å². The van der Waals surface area contributed by atoms with Crippen LogP contribution in [-0.4, -0.2) is 44.8 Å². The molecular formula is C13H16N2O5S. The zero-order chi connectivity index (χ0) is 15.0. The summed E-state index contributed by atoms with van der Waals surface area (Å²) >= 11 is 0. The van der Waals surface area contributed by atoms with Crippen molar-refractivity contribution in [3.05, 3.63) is 23.8 Å². The normalized spacial score (nSPS) is 18.3. The summed E-state index contributed by atoms with van der Waals surface area (Å²) in [7, 11) is -3.18. The molecule has 2 heterocycles. The summed E-state index contributed by atoms with van der Waals surface area (Å²) in [5.41, 5.74) is 0.909. The standard InChI is InChI=1S/C13H16N2O5S/c1-21(17,18)15-6-10(7-15)13(16)14-5-9-2-3-11-12(4-9)20-8-19-11/h2-4,10H,5-8H2,1H3,(H,14,16). The summed E-state index contributed by atoms with van der Waals surface area (Å²) in [6, 6.07) is 5.49. The summed E-state index contributed by atoms with van der Waals surface area (Å²) in [6.45, 7) is 1.11. The van der Waals surface area contributed by atoms with Crippen molar-refractivity contribution >= 4 is 15.9 Å². The van der Waals surface area contributed by atoms with Crippen LogP contribution in [0, 0.1) is 5.92 Å². The number of ether oxygens (including phenoxy) is 2. The van der Waals surface area contributed by atoms with E-state index >= 15 is 0 Å². The van der Waals surface area contributed by atoms with E-state index in [-0.39, 0.29) is 31.7 Å². The first-order valence-electron chi connectivity index (χ1n) is 6.55. The summed E-state index contributed by atoms with van der Waals surface area (Å²) in [4.78, 5) is 11.9. The molecule has 0 bridgehead atoms. The lowest BCUT2D eigenvalue weighted by Crippen LogP contribution is -2.55. The van der Waals surface area contributed by atoms with E-state index in [2.05, 4.69) is 5.32 Å². The summed E-state index contributed by atoms with van der Waals surface area (Å²) in [6.07, 6.45) is 1.15. The number of benzene rings is 1. The molecule has 3 rings (SSSR count). The number of fused-ring (bicyclic) bond motifs is 1. The van der Waals surface area contributed by atoms with E-state index in [9.17, 15) is 13.2 Å². The molecular weight excluding hydrogens is 296 g/mol. The van der Waals surface area contributed by atoms with Gasteiger partial charge in [-0.2, -0.15) is 0 Å². The van der Waals surface area contributed by atoms with Crippen LogP contribution in [0.25, 0.3) is 0 Å². The first-order valence-corrected chi connectivity index (χ1v) is 8.39. The van der Waals surface area contributed by atoms with Gasteiger partial charge in [0.1, 0.15) is 0 Å². The molecule has 1 amide bonds. The van der Waals surface area contributed by atoms with Crippen LogP contribution in [0.4, 0.5) is 0 Å². The fourth-order valence-corrected chi connectivity index (χ4v) is 3.16. The second kappa shape index (κ2) is 5.19. The fourth-order valence-electron chi connectivity index (χ4n) is 2.26. The molecule has 0 spiro atoms. The lowest BCUT2D eigenvalue weighted by molar-refractivity contribution is -0.128. The molecule has 0 radical (unpaired) electrons. The van der Waals surface area contributed by atoms with Crippen LogP contribution < -0.4 is 14.8 Å².